The van der Waals surface area contributed by atoms with Crippen molar-refractivity contribution in [2.24, 2.45) is 11.8 Å². The van der Waals surface area contributed by atoms with E-state index < -0.39 is 5.60 Å². The first-order chi connectivity index (χ1) is 9.06. The summed E-state index contributed by atoms with van der Waals surface area (Å²) in [6, 6.07) is 0.734. The van der Waals surface area contributed by atoms with E-state index in [9.17, 15) is 4.79 Å². The highest BCUT2D eigenvalue weighted by atomic mass is 16.6. The van der Waals surface area contributed by atoms with E-state index >= 15 is 0 Å². The van der Waals surface area contributed by atoms with Crippen molar-refractivity contribution in [1.29, 1.82) is 0 Å². The molecule has 0 aromatic rings. The number of ether oxygens (including phenoxy) is 1. The second-order valence-corrected chi connectivity index (χ2v) is 7.16. The van der Waals surface area contributed by atoms with Gasteiger partial charge in [-0.15, -0.1) is 0 Å². The van der Waals surface area contributed by atoms with Crippen molar-refractivity contribution in [1.82, 2.24) is 10.6 Å². The third-order valence-electron chi connectivity index (χ3n) is 3.34. The maximum absolute atomic E-state index is 11.7. The summed E-state index contributed by atoms with van der Waals surface area (Å²) in [5.41, 5.74) is -0.450. The number of carbonyl (C=O) groups is 1. The normalized spacial score (nSPS) is 15.3. The summed E-state index contributed by atoms with van der Waals surface area (Å²) in [5.74, 6) is 1.04. The monoisotopic (exact) mass is 286 g/mol. The molecular formula is C16H34N2O2. The number of alkyl carbamates (subject to hydrolysis) is 1. The van der Waals surface area contributed by atoms with Gasteiger partial charge < -0.3 is 15.4 Å². The minimum atomic E-state index is -0.450. The molecule has 4 nitrogen and oxygen atoms in total. The van der Waals surface area contributed by atoms with E-state index in [1.165, 1.54) is 0 Å². The Balaban J connectivity index is 4.38. The molecule has 0 heterocycles. The Hall–Kier alpha value is -0.770. The fourth-order valence-electron chi connectivity index (χ4n) is 2.05. The van der Waals surface area contributed by atoms with Crippen molar-refractivity contribution < 1.29 is 9.53 Å². The number of amides is 1. The van der Waals surface area contributed by atoms with E-state index in [-0.39, 0.29) is 12.1 Å². The van der Waals surface area contributed by atoms with Crippen molar-refractivity contribution in [3.05, 3.63) is 0 Å². The second kappa shape index (κ2) is 8.50. The van der Waals surface area contributed by atoms with Gasteiger partial charge in [0.15, 0.2) is 0 Å². The molecule has 1 amide bonds. The number of rotatable bonds is 7. The van der Waals surface area contributed by atoms with Crippen LogP contribution < -0.4 is 10.6 Å². The van der Waals surface area contributed by atoms with Gasteiger partial charge in [0.2, 0.25) is 0 Å². The summed E-state index contributed by atoms with van der Waals surface area (Å²) in [7, 11) is 0. The molecule has 2 unspecified atom stereocenters. The Morgan fingerprint density at radius 1 is 1.05 bits per heavy atom. The van der Waals surface area contributed by atoms with E-state index in [2.05, 4.69) is 45.3 Å². The molecule has 0 aliphatic heterocycles. The summed E-state index contributed by atoms with van der Waals surface area (Å²) in [5, 5.41) is 6.52. The lowest BCUT2D eigenvalue weighted by molar-refractivity contribution is 0.0517. The Kier molecular flexibility index (Phi) is 8.17. The number of hydrogen-bond acceptors (Lipinski definition) is 3. The lowest BCUT2D eigenvalue weighted by atomic mass is 9.97. The summed E-state index contributed by atoms with van der Waals surface area (Å²) in [6.07, 6.45) is 0.746. The van der Waals surface area contributed by atoms with Gasteiger partial charge in [-0.2, -0.15) is 0 Å². The summed E-state index contributed by atoms with van der Waals surface area (Å²) in [6.45, 7) is 17.2. The Morgan fingerprint density at radius 3 is 1.90 bits per heavy atom. The third-order valence-corrected chi connectivity index (χ3v) is 3.34. The fourth-order valence-corrected chi connectivity index (χ4v) is 2.05. The Bertz CT molecular complexity index is 283. The molecule has 0 saturated heterocycles. The highest BCUT2D eigenvalue weighted by Crippen LogP contribution is 2.11. The van der Waals surface area contributed by atoms with Crippen LogP contribution in [0.5, 0.6) is 0 Å². The standard InChI is InChI=1S/C16H34N2O2/c1-9-13(11(2)3)18-14(12(4)5)10-17-15(19)20-16(6,7)8/h11-14,18H,9-10H2,1-8H3,(H,17,19). The van der Waals surface area contributed by atoms with Gasteiger partial charge in [-0.25, -0.2) is 4.79 Å². The van der Waals surface area contributed by atoms with Crippen molar-refractivity contribution in [2.45, 2.75) is 79.5 Å². The maximum atomic E-state index is 11.7. The van der Waals surface area contributed by atoms with Crippen LogP contribution in [0.25, 0.3) is 0 Å². The van der Waals surface area contributed by atoms with E-state index in [0.717, 1.165) is 6.42 Å². The molecule has 0 aromatic heterocycles. The van der Waals surface area contributed by atoms with Gasteiger partial charge in [0.1, 0.15) is 5.60 Å². The molecule has 0 aromatic carbocycles. The molecule has 0 bridgehead atoms. The molecule has 0 radical (unpaired) electrons. The van der Waals surface area contributed by atoms with Crippen LogP contribution in [0.3, 0.4) is 0 Å². The van der Waals surface area contributed by atoms with Crippen molar-refractivity contribution in [3.63, 3.8) is 0 Å². The zero-order chi connectivity index (χ0) is 15.9. The zero-order valence-corrected chi connectivity index (χ0v) is 14.5. The summed E-state index contributed by atoms with van der Waals surface area (Å²) < 4.78 is 5.27. The molecule has 120 valence electrons. The molecule has 2 N–H and O–H groups in total. The van der Waals surface area contributed by atoms with Crippen LogP contribution in [0.15, 0.2) is 0 Å². The molecule has 0 fully saturated rings. The first-order valence-corrected chi connectivity index (χ1v) is 7.79. The molecule has 2 atom stereocenters. The van der Waals surface area contributed by atoms with E-state index in [0.29, 0.717) is 24.4 Å². The Labute approximate surface area is 125 Å². The molecule has 0 spiro atoms. The van der Waals surface area contributed by atoms with Crippen LogP contribution in [-0.4, -0.2) is 30.3 Å². The largest absolute Gasteiger partial charge is 0.444 e. The second-order valence-electron chi connectivity index (χ2n) is 7.16. The zero-order valence-electron chi connectivity index (χ0n) is 14.5. The lowest BCUT2D eigenvalue weighted by Gasteiger charge is -2.30. The lowest BCUT2D eigenvalue weighted by Crippen LogP contribution is -2.50. The highest BCUT2D eigenvalue weighted by molar-refractivity contribution is 5.67. The molecule has 0 aliphatic rings. The quantitative estimate of drug-likeness (QED) is 0.752. The average molecular weight is 286 g/mol. The average Bonchev–Trinajstić information content (AvgIpc) is 2.25. The van der Waals surface area contributed by atoms with Crippen LogP contribution in [0.4, 0.5) is 4.79 Å². The van der Waals surface area contributed by atoms with Gasteiger partial charge in [0, 0.05) is 18.6 Å². The van der Waals surface area contributed by atoms with Crippen LogP contribution >= 0.6 is 0 Å². The van der Waals surface area contributed by atoms with Gasteiger partial charge in [-0.3, -0.25) is 0 Å². The van der Waals surface area contributed by atoms with Crippen molar-refractivity contribution >= 4 is 6.09 Å². The molecule has 20 heavy (non-hydrogen) atoms. The van der Waals surface area contributed by atoms with Crippen LogP contribution in [0.1, 0.15) is 61.8 Å². The summed E-state index contributed by atoms with van der Waals surface area (Å²) >= 11 is 0. The molecule has 0 aliphatic carbocycles. The van der Waals surface area contributed by atoms with Crippen molar-refractivity contribution in [3.8, 4) is 0 Å². The molecular weight excluding hydrogens is 252 g/mol. The SMILES string of the molecule is CCC(NC(CNC(=O)OC(C)(C)C)C(C)C)C(C)C. The van der Waals surface area contributed by atoms with Crippen molar-refractivity contribution in [2.75, 3.05) is 6.54 Å². The first-order valence-electron chi connectivity index (χ1n) is 7.79. The third kappa shape index (κ3) is 8.41. The maximum Gasteiger partial charge on any atom is 0.407 e. The van der Waals surface area contributed by atoms with E-state index in [4.69, 9.17) is 4.74 Å². The number of carbonyl (C=O) groups excluding carboxylic acids is 1. The van der Waals surface area contributed by atoms with E-state index in [1.54, 1.807) is 0 Å². The topological polar surface area (TPSA) is 50.4 Å². The number of nitrogens with one attached hydrogen (secondary N) is 2. The van der Waals surface area contributed by atoms with Gasteiger partial charge in [-0.1, -0.05) is 34.6 Å². The summed E-state index contributed by atoms with van der Waals surface area (Å²) in [4.78, 5) is 11.7. The Morgan fingerprint density at radius 2 is 1.55 bits per heavy atom. The predicted molar refractivity (Wildman–Crippen MR) is 84.9 cm³/mol. The molecule has 0 saturated carbocycles. The van der Waals surface area contributed by atoms with Crippen LogP contribution in [0, 0.1) is 11.8 Å². The van der Waals surface area contributed by atoms with Gasteiger partial charge in [-0.05, 0) is 39.0 Å². The van der Waals surface area contributed by atoms with Gasteiger partial charge >= 0.3 is 6.09 Å². The van der Waals surface area contributed by atoms with Crippen LogP contribution in [-0.2, 0) is 4.74 Å². The minimum Gasteiger partial charge on any atom is -0.444 e. The van der Waals surface area contributed by atoms with Gasteiger partial charge in [0.25, 0.3) is 0 Å². The van der Waals surface area contributed by atoms with Crippen LogP contribution in [0.2, 0.25) is 0 Å². The van der Waals surface area contributed by atoms with E-state index in [1.807, 2.05) is 20.8 Å². The minimum absolute atomic E-state index is 0.259. The first kappa shape index (κ1) is 19.2. The fraction of sp³-hybridized carbons (Fsp3) is 0.938. The smallest absolute Gasteiger partial charge is 0.407 e. The highest BCUT2D eigenvalue weighted by Gasteiger charge is 2.21. The molecule has 4 heteroatoms. The molecule has 0 rings (SSSR count). The predicted octanol–water partition coefficient (Wildman–Crippen LogP) is 3.56. The van der Waals surface area contributed by atoms with Gasteiger partial charge in [0.05, 0.1) is 0 Å². The number of hydrogen-bond donors (Lipinski definition) is 2.